The van der Waals surface area contributed by atoms with Crippen molar-refractivity contribution in [2.75, 3.05) is 12.0 Å². The molecular formula is C21H30N2O2. The summed E-state index contributed by atoms with van der Waals surface area (Å²) in [6.45, 7) is 2.21. The molecule has 1 amide bonds. The van der Waals surface area contributed by atoms with Crippen molar-refractivity contribution in [3.8, 4) is 5.75 Å². The highest BCUT2D eigenvalue weighted by atomic mass is 16.5. The molecule has 2 heterocycles. The summed E-state index contributed by atoms with van der Waals surface area (Å²) >= 11 is 0. The van der Waals surface area contributed by atoms with Gasteiger partial charge in [-0.15, -0.1) is 0 Å². The number of anilines is 1. The Labute approximate surface area is 150 Å². The second-order valence-corrected chi connectivity index (χ2v) is 8.22. The molecule has 1 N–H and O–H groups in total. The van der Waals surface area contributed by atoms with Gasteiger partial charge < -0.3 is 15.0 Å². The highest BCUT2D eigenvalue weighted by molar-refractivity contribution is 5.94. The molecule has 2 saturated heterocycles. The lowest BCUT2D eigenvalue weighted by Crippen LogP contribution is -2.43. The van der Waals surface area contributed by atoms with E-state index in [0.29, 0.717) is 42.3 Å². The summed E-state index contributed by atoms with van der Waals surface area (Å²) in [6, 6.07) is 9.56. The van der Waals surface area contributed by atoms with E-state index in [1.807, 2.05) is 24.3 Å². The molecule has 136 valence electrons. The van der Waals surface area contributed by atoms with Crippen LogP contribution in [0.1, 0.15) is 51.9 Å². The Morgan fingerprint density at radius 2 is 1.80 bits per heavy atom. The maximum Gasteiger partial charge on any atom is 0.227 e. The Hall–Kier alpha value is -1.55. The molecule has 3 aliphatic rings. The van der Waals surface area contributed by atoms with Gasteiger partial charge in [-0.1, -0.05) is 0 Å². The van der Waals surface area contributed by atoms with E-state index in [1.165, 1.54) is 25.7 Å². The molecule has 3 unspecified atom stereocenters. The first kappa shape index (κ1) is 16.9. The van der Waals surface area contributed by atoms with E-state index < -0.39 is 0 Å². The molecule has 4 rings (SSSR count). The summed E-state index contributed by atoms with van der Waals surface area (Å²) in [7, 11) is 1.68. The van der Waals surface area contributed by atoms with Crippen LogP contribution in [0.15, 0.2) is 24.3 Å². The van der Waals surface area contributed by atoms with Crippen molar-refractivity contribution in [2.24, 2.45) is 11.8 Å². The molecule has 25 heavy (non-hydrogen) atoms. The number of benzene rings is 1. The number of hydrogen-bond acceptors (Lipinski definition) is 3. The average Bonchev–Trinajstić information content (AvgIpc) is 3.41. The molecule has 1 aliphatic carbocycles. The fourth-order valence-corrected chi connectivity index (χ4v) is 4.83. The molecule has 0 aromatic heterocycles. The number of ether oxygens (including phenoxy) is 1. The van der Waals surface area contributed by atoms with Crippen LogP contribution in [0.4, 0.5) is 5.69 Å². The van der Waals surface area contributed by atoms with E-state index in [-0.39, 0.29) is 0 Å². The maximum atomic E-state index is 13.2. The van der Waals surface area contributed by atoms with Gasteiger partial charge in [-0.05, 0) is 81.5 Å². The van der Waals surface area contributed by atoms with Gasteiger partial charge in [-0.3, -0.25) is 4.79 Å². The van der Waals surface area contributed by atoms with Gasteiger partial charge in [0.15, 0.2) is 0 Å². The maximum absolute atomic E-state index is 13.2. The number of rotatable bonds is 6. The molecule has 1 saturated carbocycles. The van der Waals surface area contributed by atoms with E-state index in [4.69, 9.17) is 4.74 Å². The van der Waals surface area contributed by atoms with Crippen molar-refractivity contribution in [1.29, 1.82) is 0 Å². The fourth-order valence-electron chi connectivity index (χ4n) is 4.83. The average molecular weight is 342 g/mol. The van der Waals surface area contributed by atoms with Crippen LogP contribution in [0.3, 0.4) is 0 Å². The number of carbonyl (C=O) groups excluding carboxylic acids is 1. The first-order valence-electron chi connectivity index (χ1n) is 9.86. The van der Waals surface area contributed by atoms with Gasteiger partial charge in [0.1, 0.15) is 5.75 Å². The predicted octanol–water partition coefficient (Wildman–Crippen LogP) is 3.75. The van der Waals surface area contributed by atoms with Gasteiger partial charge in [-0.25, -0.2) is 0 Å². The van der Waals surface area contributed by atoms with Crippen molar-refractivity contribution in [3.63, 3.8) is 0 Å². The first-order valence-corrected chi connectivity index (χ1v) is 9.86. The van der Waals surface area contributed by atoms with Crippen molar-refractivity contribution < 1.29 is 9.53 Å². The van der Waals surface area contributed by atoms with Crippen LogP contribution in [0.25, 0.3) is 0 Å². The zero-order valence-electron chi connectivity index (χ0n) is 15.4. The van der Waals surface area contributed by atoms with Crippen molar-refractivity contribution in [1.82, 2.24) is 5.32 Å². The largest absolute Gasteiger partial charge is 0.497 e. The Bertz CT molecular complexity index is 599. The molecule has 0 radical (unpaired) electrons. The summed E-state index contributed by atoms with van der Waals surface area (Å²) in [6.07, 6.45) is 8.09. The van der Waals surface area contributed by atoms with Gasteiger partial charge in [0, 0.05) is 30.2 Å². The number of nitrogens with zero attached hydrogens (tertiary/aromatic N) is 1. The minimum Gasteiger partial charge on any atom is -0.497 e. The van der Waals surface area contributed by atoms with Gasteiger partial charge in [0.05, 0.1) is 7.11 Å². The van der Waals surface area contributed by atoms with E-state index in [1.54, 1.807) is 7.11 Å². The van der Waals surface area contributed by atoms with Crippen LogP contribution < -0.4 is 15.0 Å². The van der Waals surface area contributed by atoms with Crippen LogP contribution in [0.2, 0.25) is 0 Å². The first-order chi connectivity index (χ1) is 12.1. The van der Waals surface area contributed by atoms with E-state index in [9.17, 15) is 4.79 Å². The topological polar surface area (TPSA) is 41.6 Å². The minimum absolute atomic E-state index is 0.291. The Balaban J connectivity index is 1.49. The van der Waals surface area contributed by atoms with Gasteiger partial charge >= 0.3 is 0 Å². The van der Waals surface area contributed by atoms with E-state index >= 15 is 0 Å². The van der Waals surface area contributed by atoms with E-state index in [0.717, 1.165) is 24.3 Å². The zero-order chi connectivity index (χ0) is 17.4. The third-order valence-corrected chi connectivity index (χ3v) is 6.36. The van der Waals surface area contributed by atoms with Crippen LogP contribution in [-0.4, -0.2) is 31.1 Å². The highest BCUT2D eigenvalue weighted by Crippen LogP contribution is 2.39. The van der Waals surface area contributed by atoms with E-state index in [2.05, 4.69) is 17.1 Å². The number of amides is 1. The summed E-state index contributed by atoms with van der Waals surface area (Å²) in [5.41, 5.74) is 1.02. The smallest absolute Gasteiger partial charge is 0.227 e. The monoisotopic (exact) mass is 342 g/mol. The number of carbonyl (C=O) groups is 1. The van der Waals surface area contributed by atoms with Crippen LogP contribution in [0.5, 0.6) is 5.75 Å². The van der Waals surface area contributed by atoms with Crippen LogP contribution in [-0.2, 0) is 4.79 Å². The quantitative estimate of drug-likeness (QED) is 0.856. The summed E-state index contributed by atoms with van der Waals surface area (Å²) in [4.78, 5) is 15.3. The fraction of sp³-hybridized carbons (Fsp3) is 0.667. The van der Waals surface area contributed by atoms with Gasteiger partial charge in [0.25, 0.3) is 0 Å². The molecule has 4 nitrogen and oxygen atoms in total. The standard InChI is InChI=1S/C21H30N2O2/c1-14(16-3-4-16)23(19-7-9-20(25-2)10-8-19)21(24)13-15-11-17-5-6-18(12-15)22-17/h7-10,14-18,22H,3-6,11-13H2,1-2H3. The minimum atomic E-state index is 0.291. The molecule has 3 fully saturated rings. The molecule has 4 heteroatoms. The second kappa shape index (κ2) is 6.99. The molecule has 1 aromatic carbocycles. The molecule has 2 bridgehead atoms. The van der Waals surface area contributed by atoms with Gasteiger partial charge in [0.2, 0.25) is 5.91 Å². The third kappa shape index (κ3) is 3.69. The second-order valence-electron chi connectivity index (χ2n) is 8.22. The van der Waals surface area contributed by atoms with Crippen molar-refractivity contribution in [3.05, 3.63) is 24.3 Å². The van der Waals surface area contributed by atoms with Crippen LogP contribution in [0, 0.1) is 11.8 Å². The molecule has 3 atom stereocenters. The lowest BCUT2D eigenvalue weighted by atomic mass is 9.89. The highest BCUT2D eigenvalue weighted by Gasteiger charge is 2.38. The SMILES string of the molecule is COc1ccc(N(C(=O)CC2CC3CCC(C2)N3)C(C)C2CC2)cc1. The lowest BCUT2D eigenvalue weighted by Gasteiger charge is -2.33. The number of hydrogen-bond donors (Lipinski definition) is 1. The Morgan fingerprint density at radius 1 is 1.16 bits per heavy atom. The summed E-state index contributed by atoms with van der Waals surface area (Å²) in [5.74, 6) is 2.34. The Kier molecular flexibility index (Phi) is 4.72. The Morgan fingerprint density at radius 3 is 2.36 bits per heavy atom. The number of piperidine rings is 1. The number of methoxy groups -OCH3 is 1. The summed E-state index contributed by atoms with van der Waals surface area (Å²) in [5, 5.41) is 3.68. The molecular weight excluding hydrogens is 312 g/mol. The van der Waals surface area contributed by atoms with Crippen molar-refractivity contribution >= 4 is 11.6 Å². The van der Waals surface area contributed by atoms with Crippen molar-refractivity contribution in [2.45, 2.75) is 70.0 Å². The number of nitrogens with one attached hydrogen (secondary N) is 1. The van der Waals surface area contributed by atoms with Crippen LogP contribution >= 0.6 is 0 Å². The molecule has 2 aliphatic heterocycles. The third-order valence-electron chi connectivity index (χ3n) is 6.36. The molecule has 0 spiro atoms. The lowest BCUT2D eigenvalue weighted by molar-refractivity contribution is -0.120. The normalized spacial score (nSPS) is 29.3. The number of fused-ring (bicyclic) bond motifs is 2. The van der Waals surface area contributed by atoms with Gasteiger partial charge in [-0.2, -0.15) is 0 Å². The predicted molar refractivity (Wildman–Crippen MR) is 100.0 cm³/mol. The summed E-state index contributed by atoms with van der Waals surface area (Å²) < 4.78 is 5.27. The zero-order valence-corrected chi connectivity index (χ0v) is 15.4. The molecule has 1 aromatic rings.